The van der Waals surface area contributed by atoms with E-state index in [1.54, 1.807) is 0 Å². The molecule has 1 aromatic heterocycles. The molecule has 1 atom stereocenters. The Balaban J connectivity index is 2.32. The zero-order valence-corrected chi connectivity index (χ0v) is 12.2. The Morgan fingerprint density at radius 3 is 2.89 bits per heavy atom. The third-order valence-corrected chi connectivity index (χ3v) is 3.25. The van der Waals surface area contributed by atoms with Gasteiger partial charge in [-0.3, -0.25) is 0 Å². The normalized spacial score (nSPS) is 12.4. The van der Waals surface area contributed by atoms with Crippen molar-refractivity contribution in [2.24, 2.45) is 0 Å². The summed E-state index contributed by atoms with van der Waals surface area (Å²) in [5.74, 6) is -0.120. The topological polar surface area (TPSA) is 51.5 Å². The second-order valence-corrected chi connectivity index (χ2v) is 4.90. The van der Waals surface area contributed by atoms with Crippen LogP contribution in [0.15, 0.2) is 16.7 Å². The number of furan rings is 1. The lowest BCUT2D eigenvalue weighted by atomic mass is 10.1. The lowest BCUT2D eigenvalue weighted by Gasteiger charge is -2.13. The van der Waals surface area contributed by atoms with Crippen LogP contribution in [-0.4, -0.2) is 19.1 Å². The Morgan fingerprint density at radius 2 is 2.21 bits per heavy atom. The van der Waals surface area contributed by atoms with Gasteiger partial charge in [-0.1, -0.05) is 32.6 Å². The molecule has 0 saturated heterocycles. The first-order chi connectivity index (χ1) is 9.19. The van der Waals surface area contributed by atoms with Crippen molar-refractivity contribution in [2.75, 3.05) is 7.11 Å². The summed E-state index contributed by atoms with van der Waals surface area (Å²) in [4.78, 5) is 11.4. The van der Waals surface area contributed by atoms with Crippen LogP contribution in [0.1, 0.15) is 62.1 Å². The molecule has 0 spiro atoms. The third kappa shape index (κ3) is 5.47. The van der Waals surface area contributed by atoms with E-state index in [-0.39, 0.29) is 0 Å². The SMILES string of the molecule is CCCCCCC(C)NCc1ccoc1C(=O)OC. The van der Waals surface area contributed by atoms with Crippen molar-refractivity contribution in [3.05, 3.63) is 23.7 Å². The van der Waals surface area contributed by atoms with Crippen LogP contribution in [0.25, 0.3) is 0 Å². The molecule has 1 heterocycles. The highest BCUT2D eigenvalue weighted by atomic mass is 16.5. The van der Waals surface area contributed by atoms with Crippen molar-refractivity contribution in [1.82, 2.24) is 5.32 Å². The molecular weight excluding hydrogens is 242 g/mol. The Bertz CT molecular complexity index is 373. The van der Waals surface area contributed by atoms with Gasteiger partial charge in [-0.15, -0.1) is 0 Å². The van der Waals surface area contributed by atoms with E-state index < -0.39 is 5.97 Å². The molecule has 1 aromatic rings. The summed E-state index contributed by atoms with van der Waals surface area (Å²) < 4.78 is 9.82. The summed E-state index contributed by atoms with van der Waals surface area (Å²) >= 11 is 0. The number of carbonyl (C=O) groups is 1. The molecule has 0 radical (unpaired) electrons. The van der Waals surface area contributed by atoms with Gasteiger partial charge in [0, 0.05) is 18.2 Å². The molecule has 1 unspecified atom stereocenters. The molecule has 0 fully saturated rings. The van der Waals surface area contributed by atoms with Crippen LogP contribution < -0.4 is 5.32 Å². The lowest BCUT2D eigenvalue weighted by Crippen LogP contribution is -2.25. The Morgan fingerprint density at radius 1 is 1.42 bits per heavy atom. The van der Waals surface area contributed by atoms with E-state index >= 15 is 0 Å². The fraction of sp³-hybridized carbons (Fsp3) is 0.667. The molecule has 0 aliphatic rings. The monoisotopic (exact) mass is 267 g/mol. The number of rotatable bonds is 9. The molecule has 19 heavy (non-hydrogen) atoms. The zero-order chi connectivity index (χ0) is 14.1. The number of ether oxygens (including phenoxy) is 1. The van der Waals surface area contributed by atoms with Crippen LogP contribution in [0.3, 0.4) is 0 Å². The summed E-state index contributed by atoms with van der Waals surface area (Å²) in [6, 6.07) is 2.25. The molecule has 0 aliphatic heterocycles. The van der Waals surface area contributed by atoms with Gasteiger partial charge in [0.2, 0.25) is 5.76 Å². The van der Waals surface area contributed by atoms with Crippen molar-refractivity contribution in [3.63, 3.8) is 0 Å². The van der Waals surface area contributed by atoms with Crippen LogP contribution in [0.5, 0.6) is 0 Å². The first-order valence-electron chi connectivity index (χ1n) is 7.07. The second-order valence-electron chi connectivity index (χ2n) is 4.90. The summed E-state index contributed by atoms with van der Waals surface area (Å²) in [7, 11) is 1.36. The number of nitrogens with one attached hydrogen (secondary N) is 1. The molecule has 108 valence electrons. The summed E-state index contributed by atoms with van der Waals surface area (Å²) in [6.07, 6.45) is 7.79. The van der Waals surface area contributed by atoms with Crippen molar-refractivity contribution in [2.45, 2.75) is 58.5 Å². The lowest BCUT2D eigenvalue weighted by molar-refractivity contribution is 0.0563. The third-order valence-electron chi connectivity index (χ3n) is 3.25. The highest BCUT2D eigenvalue weighted by Gasteiger charge is 2.15. The molecule has 1 N–H and O–H groups in total. The first-order valence-corrected chi connectivity index (χ1v) is 7.07. The van der Waals surface area contributed by atoms with Crippen molar-refractivity contribution >= 4 is 5.97 Å². The predicted octanol–water partition coefficient (Wildman–Crippen LogP) is 3.51. The van der Waals surface area contributed by atoms with Gasteiger partial charge in [-0.25, -0.2) is 4.79 Å². The molecule has 4 heteroatoms. The van der Waals surface area contributed by atoms with E-state index in [4.69, 9.17) is 4.42 Å². The van der Waals surface area contributed by atoms with Crippen LogP contribution >= 0.6 is 0 Å². The van der Waals surface area contributed by atoms with E-state index in [1.807, 2.05) is 6.07 Å². The molecule has 4 nitrogen and oxygen atoms in total. The number of hydrogen-bond acceptors (Lipinski definition) is 4. The summed E-state index contributed by atoms with van der Waals surface area (Å²) in [6.45, 7) is 5.02. The molecule has 0 aliphatic carbocycles. The quantitative estimate of drug-likeness (QED) is 0.549. The standard InChI is InChI=1S/C15H25NO3/c1-4-5-6-7-8-12(2)16-11-13-9-10-19-14(13)15(17)18-3/h9-10,12,16H,4-8,11H2,1-3H3. The number of carbonyl (C=O) groups excluding carboxylic acids is 1. The summed E-state index contributed by atoms with van der Waals surface area (Å²) in [5.41, 5.74) is 0.854. The minimum Gasteiger partial charge on any atom is -0.463 e. The van der Waals surface area contributed by atoms with Gasteiger partial charge in [-0.05, 0) is 19.4 Å². The molecular formula is C15H25NO3. The Kier molecular flexibility index (Phi) is 7.26. The van der Waals surface area contributed by atoms with Gasteiger partial charge in [-0.2, -0.15) is 0 Å². The molecule has 0 amide bonds. The average Bonchev–Trinajstić information content (AvgIpc) is 2.89. The molecule has 1 rings (SSSR count). The van der Waals surface area contributed by atoms with Crippen LogP contribution in [0.2, 0.25) is 0 Å². The second kappa shape index (κ2) is 8.75. The van der Waals surface area contributed by atoms with Crippen LogP contribution in [0.4, 0.5) is 0 Å². The number of esters is 1. The largest absolute Gasteiger partial charge is 0.463 e. The van der Waals surface area contributed by atoms with Gasteiger partial charge in [0.05, 0.1) is 13.4 Å². The maximum absolute atomic E-state index is 11.4. The van der Waals surface area contributed by atoms with Gasteiger partial charge in [0.25, 0.3) is 0 Å². The van der Waals surface area contributed by atoms with Gasteiger partial charge >= 0.3 is 5.97 Å². The zero-order valence-electron chi connectivity index (χ0n) is 12.2. The van der Waals surface area contributed by atoms with Gasteiger partial charge in [0.1, 0.15) is 0 Å². The Labute approximate surface area is 115 Å². The maximum atomic E-state index is 11.4. The van der Waals surface area contributed by atoms with Gasteiger partial charge in [0.15, 0.2) is 0 Å². The summed E-state index contributed by atoms with van der Waals surface area (Å²) in [5, 5.41) is 3.41. The van der Waals surface area contributed by atoms with Crippen molar-refractivity contribution < 1.29 is 13.9 Å². The van der Waals surface area contributed by atoms with Crippen molar-refractivity contribution in [1.29, 1.82) is 0 Å². The minimum atomic E-state index is -0.419. The molecule has 0 aromatic carbocycles. The number of methoxy groups -OCH3 is 1. The molecule has 0 bridgehead atoms. The fourth-order valence-electron chi connectivity index (χ4n) is 2.01. The van der Waals surface area contributed by atoms with Crippen LogP contribution in [0, 0.1) is 0 Å². The van der Waals surface area contributed by atoms with E-state index in [0.717, 1.165) is 12.0 Å². The van der Waals surface area contributed by atoms with Crippen molar-refractivity contribution in [3.8, 4) is 0 Å². The highest BCUT2D eigenvalue weighted by Crippen LogP contribution is 2.12. The van der Waals surface area contributed by atoms with E-state index in [0.29, 0.717) is 18.3 Å². The Hall–Kier alpha value is -1.29. The predicted molar refractivity (Wildman–Crippen MR) is 75.1 cm³/mol. The number of unbranched alkanes of at least 4 members (excludes halogenated alkanes) is 3. The van der Waals surface area contributed by atoms with Crippen LogP contribution in [-0.2, 0) is 11.3 Å². The first kappa shape index (κ1) is 15.8. The minimum absolute atomic E-state index is 0.299. The molecule has 0 saturated carbocycles. The maximum Gasteiger partial charge on any atom is 0.374 e. The van der Waals surface area contributed by atoms with E-state index in [1.165, 1.54) is 39.1 Å². The average molecular weight is 267 g/mol. The van der Waals surface area contributed by atoms with Gasteiger partial charge < -0.3 is 14.5 Å². The highest BCUT2D eigenvalue weighted by molar-refractivity contribution is 5.87. The fourth-order valence-corrected chi connectivity index (χ4v) is 2.01. The van der Waals surface area contributed by atoms with E-state index in [2.05, 4.69) is 23.9 Å². The van der Waals surface area contributed by atoms with E-state index in [9.17, 15) is 4.79 Å². The smallest absolute Gasteiger partial charge is 0.374 e. The number of hydrogen-bond donors (Lipinski definition) is 1.